The van der Waals surface area contributed by atoms with Crippen LogP contribution in [-0.4, -0.2) is 56.0 Å². The van der Waals surface area contributed by atoms with Crippen molar-refractivity contribution in [1.29, 1.82) is 0 Å². The summed E-state index contributed by atoms with van der Waals surface area (Å²) >= 11 is 0. The third kappa shape index (κ3) is 6.06. The number of esters is 1. The Bertz CT molecular complexity index is 628. The normalized spacial score (nSPS) is 14.5. The van der Waals surface area contributed by atoms with Crippen molar-refractivity contribution in [3.63, 3.8) is 0 Å². The highest BCUT2D eigenvalue weighted by Gasteiger charge is 2.18. The summed E-state index contributed by atoms with van der Waals surface area (Å²) in [7, 11) is 1.37. The average molecular weight is 360 g/mol. The fourth-order valence-corrected chi connectivity index (χ4v) is 2.79. The predicted molar refractivity (Wildman–Crippen MR) is 101 cm³/mol. The van der Waals surface area contributed by atoms with E-state index in [1.165, 1.54) is 7.11 Å². The number of nitrogens with zero attached hydrogens (tertiary/aromatic N) is 2. The summed E-state index contributed by atoms with van der Waals surface area (Å²) in [6.45, 7) is 5.75. The summed E-state index contributed by atoms with van der Waals surface area (Å²) in [6, 6.07) is 7.23. The number of hydrogen-bond donors (Lipinski definition) is 2. The smallest absolute Gasteiger partial charge is 0.337 e. The highest BCUT2D eigenvalue weighted by atomic mass is 16.5. The van der Waals surface area contributed by atoms with Gasteiger partial charge in [0.05, 0.1) is 19.2 Å². The van der Waals surface area contributed by atoms with Gasteiger partial charge >= 0.3 is 5.97 Å². The molecule has 2 N–H and O–H groups in total. The molecule has 1 aliphatic rings. The Balaban J connectivity index is 1.79. The zero-order valence-corrected chi connectivity index (χ0v) is 15.6. The van der Waals surface area contributed by atoms with Gasteiger partial charge in [-0.05, 0) is 37.5 Å². The minimum Gasteiger partial charge on any atom is -0.465 e. The van der Waals surface area contributed by atoms with Gasteiger partial charge in [-0.1, -0.05) is 12.1 Å². The predicted octanol–water partition coefficient (Wildman–Crippen LogP) is 1.54. The number of likely N-dealkylation sites (tertiary alicyclic amines) is 1. The molecule has 0 atom stereocenters. The fraction of sp³-hybridized carbons (Fsp3) is 0.526. The van der Waals surface area contributed by atoms with Crippen LogP contribution in [0, 0.1) is 0 Å². The van der Waals surface area contributed by atoms with Crippen molar-refractivity contribution in [2.45, 2.75) is 32.7 Å². The number of nitrogens with one attached hydrogen (secondary N) is 2. The second-order valence-corrected chi connectivity index (χ2v) is 6.15. The highest BCUT2D eigenvalue weighted by molar-refractivity contribution is 5.89. The summed E-state index contributed by atoms with van der Waals surface area (Å²) in [6.07, 6.45) is 2.56. The van der Waals surface area contributed by atoms with Crippen molar-refractivity contribution < 1.29 is 14.3 Å². The number of ether oxygens (including phenoxy) is 1. The van der Waals surface area contributed by atoms with E-state index in [4.69, 9.17) is 4.74 Å². The lowest BCUT2D eigenvalue weighted by atomic mass is 10.1. The molecule has 2 rings (SSSR count). The molecule has 0 saturated carbocycles. The number of rotatable bonds is 8. The molecule has 1 aromatic rings. The molecular weight excluding hydrogens is 332 g/mol. The number of methoxy groups -OCH3 is 1. The van der Waals surface area contributed by atoms with E-state index >= 15 is 0 Å². The van der Waals surface area contributed by atoms with E-state index in [0.29, 0.717) is 18.5 Å². The summed E-state index contributed by atoms with van der Waals surface area (Å²) < 4.78 is 4.69. The quantitative estimate of drug-likeness (QED) is 0.318. The zero-order valence-electron chi connectivity index (χ0n) is 15.6. The first kappa shape index (κ1) is 19.8. The van der Waals surface area contributed by atoms with E-state index in [9.17, 15) is 9.59 Å². The number of amides is 1. The van der Waals surface area contributed by atoms with Crippen LogP contribution in [0.1, 0.15) is 42.1 Å². The van der Waals surface area contributed by atoms with Gasteiger partial charge in [-0.25, -0.2) is 9.79 Å². The van der Waals surface area contributed by atoms with Gasteiger partial charge in [0.1, 0.15) is 0 Å². The second kappa shape index (κ2) is 10.4. The van der Waals surface area contributed by atoms with Gasteiger partial charge in [0.25, 0.3) is 0 Å². The molecule has 0 spiro atoms. The van der Waals surface area contributed by atoms with E-state index in [-0.39, 0.29) is 11.9 Å². The van der Waals surface area contributed by atoms with E-state index < -0.39 is 0 Å². The first-order valence-corrected chi connectivity index (χ1v) is 9.11. The van der Waals surface area contributed by atoms with Gasteiger partial charge in [0.15, 0.2) is 5.96 Å². The molecule has 0 aromatic heterocycles. The summed E-state index contributed by atoms with van der Waals surface area (Å²) in [5.41, 5.74) is 1.54. The Labute approximate surface area is 154 Å². The van der Waals surface area contributed by atoms with Crippen LogP contribution < -0.4 is 10.6 Å². The number of carbonyl (C=O) groups excluding carboxylic acids is 2. The molecular formula is C19H28N4O3. The van der Waals surface area contributed by atoms with Crippen LogP contribution in [0.5, 0.6) is 0 Å². The van der Waals surface area contributed by atoms with E-state index in [0.717, 1.165) is 50.5 Å². The number of aliphatic imine (C=N–C) groups is 1. The third-order valence-electron chi connectivity index (χ3n) is 4.21. The summed E-state index contributed by atoms with van der Waals surface area (Å²) in [5, 5.41) is 6.51. The van der Waals surface area contributed by atoms with Gasteiger partial charge in [-0.3, -0.25) is 4.79 Å². The molecule has 0 aliphatic carbocycles. The SMILES string of the molecule is CCNC(=NCc1ccc(C(=O)OC)cc1)NCCCN1CCCC1=O. The Hall–Kier alpha value is -2.57. The van der Waals surface area contributed by atoms with Crippen LogP contribution in [0.3, 0.4) is 0 Å². The molecule has 0 bridgehead atoms. The maximum absolute atomic E-state index is 11.6. The minimum atomic E-state index is -0.341. The third-order valence-corrected chi connectivity index (χ3v) is 4.21. The number of carbonyl (C=O) groups is 2. The van der Waals surface area contributed by atoms with Crippen LogP contribution in [0.15, 0.2) is 29.3 Å². The van der Waals surface area contributed by atoms with Gasteiger partial charge in [0, 0.05) is 32.6 Å². The molecule has 0 unspecified atom stereocenters. The van der Waals surface area contributed by atoms with Gasteiger partial charge in [0.2, 0.25) is 5.91 Å². The Morgan fingerprint density at radius 1 is 1.27 bits per heavy atom. The monoisotopic (exact) mass is 360 g/mol. The topological polar surface area (TPSA) is 83.0 Å². The summed E-state index contributed by atoms with van der Waals surface area (Å²) in [4.78, 5) is 29.5. The van der Waals surface area contributed by atoms with Crippen LogP contribution in [0.25, 0.3) is 0 Å². The maximum atomic E-state index is 11.6. The Kier molecular flexibility index (Phi) is 7.92. The van der Waals surface area contributed by atoms with Crippen molar-refractivity contribution in [3.8, 4) is 0 Å². The average Bonchev–Trinajstić information content (AvgIpc) is 3.07. The van der Waals surface area contributed by atoms with Crippen molar-refractivity contribution >= 4 is 17.8 Å². The highest BCUT2D eigenvalue weighted by Crippen LogP contribution is 2.09. The Morgan fingerprint density at radius 3 is 2.65 bits per heavy atom. The first-order valence-electron chi connectivity index (χ1n) is 9.11. The number of hydrogen-bond acceptors (Lipinski definition) is 4. The van der Waals surface area contributed by atoms with Crippen LogP contribution in [0.2, 0.25) is 0 Å². The van der Waals surface area contributed by atoms with Crippen molar-refractivity contribution in [1.82, 2.24) is 15.5 Å². The molecule has 7 heteroatoms. The lowest BCUT2D eigenvalue weighted by Gasteiger charge is -2.16. The molecule has 1 aromatic carbocycles. The lowest BCUT2D eigenvalue weighted by Crippen LogP contribution is -2.39. The molecule has 7 nitrogen and oxygen atoms in total. The minimum absolute atomic E-state index is 0.265. The molecule has 0 radical (unpaired) electrons. The summed E-state index contributed by atoms with van der Waals surface area (Å²) in [5.74, 6) is 0.671. The first-order chi connectivity index (χ1) is 12.6. The zero-order chi connectivity index (χ0) is 18.8. The number of benzene rings is 1. The molecule has 1 heterocycles. The van der Waals surface area contributed by atoms with Crippen molar-refractivity contribution in [2.24, 2.45) is 4.99 Å². The van der Waals surface area contributed by atoms with Gasteiger partial charge in [-0.15, -0.1) is 0 Å². The van der Waals surface area contributed by atoms with E-state index in [1.54, 1.807) is 12.1 Å². The molecule has 1 aliphatic heterocycles. The largest absolute Gasteiger partial charge is 0.465 e. The fourth-order valence-electron chi connectivity index (χ4n) is 2.79. The second-order valence-electron chi connectivity index (χ2n) is 6.15. The molecule has 1 fully saturated rings. The van der Waals surface area contributed by atoms with Crippen LogP contribution >= 0.6 is 0 Å². The maximum Gasteiger partial charge on any atom is 0.337 e. The lowest BCUT2D eigenvalue weighted by molar-refractivity contribution is -0.127. The van der Waals surface area contributed by atoms with E-state index in [1.807, 2.05) is 24.0 Å². The van der Waals surface area contributed by atoms with Crippen LogP contribution in [-0.2, 0) is 16.1 Å². The van der Waals surface area contributed by atoms with E-state index in [2.05, 4.69) is 15.6 Å². The molecule has 142 valence electrons. The Morgan fingerprint density at radius 2 is 2.04 bits per heavy atom. The molecule has 26 heavy (non-hydrogen) atoms. The standard InChI is InChI=1S/C19H28N4O3/c1-3-20-19(21-11-5-13-23-12-4-6-17(23)24)22-14-15-7-9-16(10-8-15)18(25)26-2/h7-10H,3-6,11-14H2,1-2H3,(H2,20,21,22). The van der Waals surface area contributed by atoms with Crippen LogP contribution in [0.4, 0.5) is 0 Å². The van der Waals surface area contributed by atoms with Gasteiger partial charge < -0.3 is 20.3 Å². The van der Waals surface area contributed by atoms with Gasteiger partial charge in [-0.2, -0.15) is 0 Å². The molecule has 1 amide bonds. The van der Waals surface area contributed by atoms with Crippen molar-refractivity contribution in [2.75, 3.05) is 33.3 Å². The molecule has 1 saturated heterocycles. The number of guanidine groups is 1. The van der Waals surface area contributed by atoms with Crippen molar-refractivity contribution in [3.05, 3.63) is 35.4 Å².